The number of urea groups is 1. The number of nitrogens with one attached hydrogen (secondary N) is 1. The average molecular weight is 317 g/mol. The molecule has 1 aliphatic heterocycles. The van der Waals surface area contributed by atoms with Crippen molar-refractivity contribution in [1.82, 2.24) is 15.0 Å². The SMILES string of the molecule is O=C1[N]C(c2ccccc2)=CN1n1cc(-c2ccccc2)[nH]c1=O. The van der Waals surface area contributed by atoms with E-state index in [0.717, 1.165) is 11.1 Å². The van der Waals surface area contributed by atoms with Gasteiger partial charge in [0.05, 0.1) is 23.8 Å². The lowest BCUT2D eigenvalue weighted by Gasteiger charge is -2.10. The Hall–Kier alpha value is -3.54. The molecule has 0 unspecified atom stereocenters. The molecule has 3 aromatic rings. The van der Waals surface area contributed by atoms with E-state index in [0.29, 0.717) is 11.4 Å². The van der Waals surface area contributed by atoms with E-state index in [4.69, 9.17) is 0 Å². The van der Waals surface area contributed by atoms with Crippen LogP contribution in [0.3, 0.4) is 0 Å². The van der Waals surface area contributed by atoms with Crippen molar-refractivity contribution in [2.45, 2.75) is 0 Å². The number of hydrogen-bond acceptors (Lipinski definition) is 2. The summed E-state index contributed by atoms with van der Waals surface area (Å²) in [4.78, 5) is 27.2. The monoisotopic (exact) mass is 317 g/mol. The Morgan fingerprint density at radius 3 is 2.12 bits per heavy atom. The first-order valence-electron chi connectivity index (χ1n) is 7.42. The maximum Gasteiger partial charge on any atom is 0.367 e. The molecule has 0 fully saturated rings. The molecule has 1 aromatic heterocycles. The summed E-state index contributed by atoms with van der Waals surface area (Å²) in [6.45, 7) is 0. The lowest BCUT2D eigenvalue weighted by molar-refractivity contribution is 0.248. The Morgan fingerprint density at radius 1 is 0.833 bits per heavy atom. The maximum absolute atomic E-state index is 12.2. The fourth-order valence-electron chi connectivity index (χ4n) is 2.57. The highest BCUT2D eigenvalue weighted by Gasteiger charge is 2.27. The summed E-state index contributed by atoms with van der Waals surface area (Å²) in [5.74, 6) is 0. The molecule has 0 atom stereocenters. The fraction of sp³-hybridized carbons (Fsp3) is 0. The summed E-state index contributed by atoms with van der Waals surface area (Å²) < 4.78 is 1.23. The van der Waals surface area contributed by atoms with E-state index in [1.165, 1.54) is 9.69 Å². The zero-order chi connectivity index (χ0) is 16.5. The van der Waals surface area contributed by atoms with E-state index in [9.17, 15) is 9.59 Å². The minimum atomic E-state index is -0.505. The number of aromatic amines is 1. The molecule has 6 heteroatoms. The first kappa shape index (κ1) is 14.1. The van der Waals surface area contributed by atoms with Crippen molar-refractivity contribution in [3.8, 4) is 11.3 Å². The third-order valence-electron chi connectivity index (χ3n) is 3.74. The van der Waals surface area contributed by atoms with Crippen LogP contribution in [0, 0.1) is 0 Å². The second kappa shape index (κ2) is 5.58. The molecule has 6 nitrogen and oxygen atoms in total. The van der Waals surface area contributed by atoms with Crippen LogP contribution >= 0.6 is 0 Å². The number of hydrogen-bond donors (Lipinski definition) is 1. The molecule has 2 amide bonds. The van der Waals surface area contributed by atoms with Gasteiger partial charge in [-0.25, -0.2) is 9.59 Å². The number of carbonyl (C=O) groups excluding carboxylic acids is 1. The molecule has 0 saturated heterocycles. The molecule has 0 saturated carbocycles. The quantitative estimate of drug-likeness (QED) is 0.806. The Morgan fingerprint density at radius 2 is 1.46 bits per heavy atom. The molecule has 1 aliphatic rings. The van der Waals surface area contributed by atoms with Gasteiger partial charge in [0.15, 0.2) is 0 Å². The molecule has 0 aliphatic carbocycles. The van der Waals surface area contributed by atoms with Crippen LogP contribution in [-0.4, -0.2) is 15.7 Å². The third kappa shape index (κ3) is 2.40. The Labute approximate surface area is 137 Å². The molecule has 1 radical (unpaired) electrons. The summed E-state index contributed by atoms with van der Waals surface area (Å²) in [7, 11) is 0. The normalized spacial score (nSPS) is 13.8. The molecule has 2 heterocycles. The van der Waals surface area contributed by atoms with Crippen molar-refractivity contribution in [3.05, 3.63) is 89.1 Å². The van der Waals surface area contributed by atoms with Gasteiger partial charge in [-0.3, -0.25) is 0 Å². The Bertz CT molecular complexity index is 971. The number of amides is 2. The fourth-order valence-corrected chi connectivity index (χ4v) is 2.57. The van der Waals surface area contributed by atoms with E-state index in [2.05, 4.69) is 10.3 Å². The van der Waals surface area contributed by atoms with Crippen LogP contribution in [0.2, 0.25) is 0 Å². The zero-order valence-corrected chi connectivity index (χ0v) is 12.6. The molecule has 0 bridgehead atoms. The second-order valence-corrected chi connectivity index (χ2v) is 5.30. The lowest BCUT2D eigenvalue weighted by atomic mass is 10.2. The van der Waals surface area contributed by atoms with Gasteiger partial charge in [0.25, 0.3) is 0 Å². The molecular weight excluding hydrogens is 304 g/mol. The minimum absolute atomic E-state index is 0.400. The molecule has 24 heavy (non-hydrogen) atoms. The predicted molar refractivity (Wildman–Crippen MR) is 90.7 cm³/mol. The van der Waals surface area contributed by atoms with Crippen LogP contribution in [0.25, 0.3) is 17.0 Å². The van der Waals surface area contributed by atoms with Gasteiger partial charge in [-0.2, -0.15) is 15.0 Å². The lowest BCUT2D eigenvalue weighted by Crippen LogP contribution is -2.39. The van der Waals surface area contributed by atoms with Gasteiger partial charge in [0, 0.05) is 5.56 Å². The molecule has 2 aromatic carbocycles. The number of nitrogens with zero attached hydrogens (tertiary/aromatic N) is 3. The van der Waals surface area contributed by atoms with Crippen LogP contribution < -0.4 is 16.0 Å². The first-order valence-corrected chi connectivity index (χ1v) is 7.42. The highest BCUT2D eigenvalue weighted by atomic mass is 16.2. The number of rotatable bonds is 3. The Kier molecular flexibility index (Phi) is 3.28. The van der Waals surface area contributed by atoms with Crippen LogP contribution in [0.15, 0.2) is 77.9 Å². The van der Waals surface area contributed by atoms with Gasteiger partial charge in [-0.1, -0.05) is 60.7 Å². The van der Waals surface area contributed by atoms with Crippen molar-refractivity contribution >= 4 is 11.7 Å². The minimum Gasteiger partial charge on any atom is -0.304 e. The van der Waals surface area contributed by atoms with Crippen LogP contribution in [0.5, 0.6) is 0 Å². The Balaban J connectivity index is 1.72. The van der Waals surface area contributed by atoms with Crippen molar-refractivity contribution in [2.24, 2.45) is 0 Å². The van der Waals surface area contributed by atoms with Crippen molar-refractivity contribution in [2.75, 3.05) is 5.01 Å². The van der Waals surface area contributed by atoms with Crippen LogP contribution in [0.4, 0.5) is 4.79 Å². The summed E-state index contributed by atoms with van der Waals surface area (Å²) in [6.07, 6.45) is 3.15. The smallest absolute Gasteiger partial charge is 0.304 e. The van der Waals surface area contributed by atoms with Gasteiger partial charge in [0.2, 0.25) is 0 Å². The van der Waals surface area contributed by atoms with Gasteiger partial charge >= 0.3 is 11.7 Å². The number of benzene rings is 2. The van der Waals surface area contributed by atoms with E-state index < -0.39 is 11.7 Å². The molecular formula is C18H13N4O2. The summed E-state index contributed by atoms with van der Waals surface area (Å²) in [6, 6.07) is 18.3. The first-order chi connectivity index (χ1) is 11.7. The van der Waals surface area contributed by atoms with Crippen molar-refractivity contribution in [1.29, 1.82) is 0 Å². The standard InChI is InChI=1S/C18H13N4O2/c23-17-19-15(13-7-3-1-4-8-13)11-21(17)22-12-16(20-18(22)24)14-9-5-2-6-10-14/h1-12H,(H,19,23). The maximum atomic E-state index is 12.2. The number of carbonyl (C=O) groups is 1. The van der Waals surface area contributed by atoms with E-state index in [1.54, 1.807) is 12.4 Å². The number of H-pyrrole nitrogens is 1. The van der Waals surface area contributed by atoms with Gasteiger partial charge < -0.3 is 4.98 Å². The highest BCUT2D eigenvalue weighted by Crippen LogP contribution is 2.20. The highest BCUT2D eigenvalue weighted by molar-refractivity contribution is 5.99. The van der Waals surface area contributed by atoms with Gasteiger partial charge in [-0.05, 0) is 5.56 Å². The van der Waals surface area contributed by atoms with E-state index >= 15 is 0 Å². The topological polar surface area (TPSA) is 72.2 Å². The van der Waals surface area contributed by atoms with E-state index in [1.807, 2.05) is 60.7 Å². The van der Waals surface area contributed by atoms with Crippen LogP contribution in [-0.2, 0) is 0 Å². The summed E-state index contributed by atoms with van der Waals surface area (Å²) >= 11 is 0. The van der Waals surface area contributed by atoms with Gasteiger partial charge in [-0.15, -0.1) is 0 Å². The molecule has 1 N–H and O–H groups in total. The summed E-state index contributed by atoms with van der Waals surface area (Å²) in [5.41, 5.74) is 2.44. The molecule has 0 spiro atoms. The summed E-state index contributed by atoms with van der Waals surface area (Å²) in [5, 5.41) is 5.22. The van der Waals surface area contributed by atoms with Gasteiger partial charge in [0.1, 0.15) is 0 Å². The van der Waals surface area contributed by atoms with E-state index in [-0.39, 0.29) is 0 Å². The van der Waals surface area contributed by atoms with Crippen LogP contribution in [0.1, 0.15) is 5.56 Å². The molecule has 117 valence electrons. The van der Waals surface area contributed by atoms with Crippen molar-refractivity contribution < 1.29 is 4.79 Å². The number of aromatic nitrogens is 2. The number of imidazole rings is 1. The zero-order valence-electron chi connectivity index (χ0n) is 12.6. The molecule has 4 rings (SSSR count). The third-order valence-corrected chi connectivity index (χ3v) is 3.74. The predicted octanol–water partition coefficient (Wildman–Crippen LogP) is 2.52. The largest absolute Gasteiger partial charge is 0.367 e. The average Bonchev–Trinajstić information content (AvgIpc) is 3.19. The second-order valence-electron chi connectivity index (χ2n) is 5.30. The van der Waals surface area contributed by atoms with Crippen molar-refractivity contribution in [3.63, 3.8) is 0 Å².